The number of pyridine rings is 6. The number of aryl methyl sites for hydroxylation is 3. The van der Waals surface area contributed by atoms with Crippen LogP contribution in [0.3, 0.4) is 0 Å². The van der Waals surface area contributed by atoms with Crippen molar-refractivity contribution in [3.63, 3.8) is 0 Å². The van der Waals surface area contributed by atoms with Crippen LogP contribution >= 0.6 is 83.9 Å². The Balaban J connectivity index is 0.000000163. The van der Waals surface area contributed by atoms with Crippen LogP contribution in [0.4, 0.5) is 13.2 Å². The molecule has 5 amide bonds. The van der Waals surface area contributed by atoms with Crippen molar-refractivity contribution in [3.05, 3.63) is 280 Å². The molecule has 3 fully saturated rings. The van der Waals surface area contributed by atoms with Gasteiger partial charge in [-0.05, 0) is 199 Å². The van der Waals surface area contributed by atoms with Gasteiger partial charge in [0.05, 0.1) is 92.6 Å². The number of likely N-dealkylation sites (tertiary alicyclic amines) is 3. The monoisotopic (exact) mass is 1710 g/mol. The summed E-state index contributed by atoms with van der Waals surface area (Å²) in [6.07, 6.45) is 20.5. The molecule has 3 aliphatic heterocycles. The summed E-state index contributed by atoms with van der Waals surface area (Å²) in [6.45, 7) is 2.64. The first-order valence-corrected chi connectivity index (χ1v) is 39.2. The van der Waals surface area contributed by atoms with Crippen LogP contribution in [0, 0.1) is 17.5 Å². The average Bonchev–Trinajstić information content (AvgIpc) is 1.62. The van der Waals surface area contributed by atoms with Crippen LogP contribution in [0.2, 0.25) is 15.1 Å². The quantitative estimate of drug-likeness (QED) is 0.0453. The minimum Gasteiger partial charge on any atom is -0.478 e. The average molecular weight is 1710 g/mol. The number of benzene rings is 3. The minimum atomic E-state index is -1.10. The van der Waals surface area contributed by atoms with E-state index >= 15 is 0 Å². The van der Waals surface area contributed by atoms with E-state index in [9.17, 15) is 41.9 Å². The van der Waals surface area contributed by atoms with E-state index in [1.165, 1.54) is 55.0 Å². The number of carbonyl (C=O) groups excluding carboxylic acids is 5. The number of nitrogens with zero attached hydrogens (tertiary/aromatic N) is 9. The number of hydrogen-bond donors (Lipinski definition) is 10. The van der Waals surface area contributed by atoms with Crippen molar-refractivity contribution in [2.45, 2.75) is 114 Å². The summed E-state index contributed by atoms with van der Waals surface area (Å²) >= 11 is 35.6. The van der Waals surface area contributed by atoms with E-state index in [1.807, 2.05) is 36.4 Å². The van der Waals surface area contributed by atoms with Gasteiger partial charge < -0.3 is 68.1 Å². The summed E-state index contributed by atoms with van der Waals surface area (Å²) in [5.41, 5.74) is 17.9. The van der Waals surface area contributed by atoms with E-state index in [0.717, 1.165) is 63.0 Å². The maximum absolute atomic E-state index is 14.7. The van der Waals surface area contributed by atoms with Gasteiger partial charge in [0.2, 0.25) is 17.7 Å². The van der Waals surface area contributed by atoms with Gasteiger partial charge in [0.25, 0.3) is 11.8 Å². The first kappa shape index (κ1) is 86.2. The summed E-state index contributed by atoms with van der Waals surface area (Å²) in [4.78, 5) is 101. The van der Waals surface area contributed by atoms with Crippen molar-refractivity contribution in [1.82, 2.24) is 87.1 Å². The van der Waals surface area contributed by atoms with E-state index < -0.39 is 29.9 Å². The minimum absolute atomic E-state index is 0. The molecule has 0 saturated carbocycles. The Morgan fingerprint density at radius 3 is 1.06 bits per heavy atom. The molecule has 35 heteroatoms. The lowest BCUT2D eigenvalue weighted by molar-refractivity contribution is -0.128. The molecule has 6 aromatic heterocycles. The van der Waals surface area contributed by atoms with Crippen LogP contribution in [0.25, 0.3) is 0 Å². The number of carboxylic acid groups (broad SMARTS) is 1. The third-order valence-corrected chi connectivity index (χ3v) is 22.4. The zero-order valence-corrected chi connectivity index (χ0v) is 68.4. The van der Waals surface area contributed by atoms with Gasteiger partial charge in [0, 0.05) is 113 Å². The molecule has 15 rings (SSSR count). The second-order valence-corrected chi connectivity index (χ2v) is 30.4. The number of rotatable bonds is 14. The van der Waals surface area contributed by atoms with Gasteiger partial charge in [0.1, 0.15) is 29.5 Å². The van der Waals surface area contributed by atoms with E-state index in [4.69, 9.17) is 82.3 Å². The molecule has 25 nitrogen and oxygen atoms in total. The molecule has 0 radical (unpaired) electrons. The Hall–Kier alpha value is -10.6. The van der Waals surface area contributed by atoms with E-state index in [0.29, 0.717) is 124 Å². The highest BCUT2D eigenvalue weighted by Crippen LogP contribution is 2.37. The van der Waals surface area contributed by atoms with Crippen molar-refractivity contribution >= 4 is 135 Å². The summed E-state index contributed by atoms with van der Waals surface area (Å²) in [5.74, 6) is -2.78. The maximum Gasteiger partial charge on any atom is 0.337 e. The number of amides is 5. The molecule has 6 atom stereocenters. The lowest BCUT2D eigenvalue weighted by Gasteiger charge is -2.23. The van der Waals surface area contributed by atoms with E-state index in [-0.39, 0.29) is 113 Å². The largest absolute Gasteiger partial charge is 0.478 e. The van der Waals surface area contributed by atoms with E-state index in [1.54, 1.807) is 91.2 Å². The molecule has 0 spiro atoms. The van der Waals surface area contributed by atoms with Crippen molar-refractivity contribution in [2.75, 3.05) is 40.8 Å². The normalized spacial score (nSPS) is 17.9. The number of likely N-dealkylation sites (N-methyl/N-ethyl adjacent to an activating group) is 3. The molecule has 3 saturated heterocycles. The zero-order valence-electron chi connectivity index (χ0n) is 62.8. The molecule has 0 bridgehead atoms. The highest BCUT2D eigenvalue weighted by Gasteiger charge is 2.35. The Kier molecular flexibility index (Phi) is 29.2. The lowest BCUT2D eigenvalue weighted by atomic mass is 9.96. The number of aromatic carboxylic acids is 1. The molecule has 9 heterocycles. The van der Waals surface area contributed by atoms with Gasteiger partial charge in [0.15, 0.2) is 15.3 Å². The van der Waals surface area contributed by atoms with Crippen LogP contribution in [0.15, 0.2) is 147 Å². The van der Waals surface area contributed by atoms with Crippen LogP contribution < -0.4 is 48.3 Å². The molecule has 9 aromatic rings. The van der Waals surface area contributed by atoms with Gasteiger partial charge >= 0.3 is 5.97 Å². The van der Waals surface area contributed by atoms with Crippen molar-refractivity contribution in [3.8, 4) is 0 Å². The van der Waals surface area contributed by atoms with Gasteiger partial charge in [-0.2, -0.15) is 0 Å². The number of fused-ring (bicyclic) bond motifs is 6. The first-order chi connectivity index (χ1) is 55.3. The zero-order chi connectivity index (χ0) is 81.7. The number of carbonyl (C=O) groups is 6. The second-order valence-electron chi connectivity index (χ2n) is 28.0. The third kappa shape index (κ3) is 20.8. The molecule has 3 aliphatic carbocycles. The van der Waals surface area contributed by atoms with Gasteiger partial charge in [-0.1, -0.05) is 71.2 Å². The molecular formula is C81H81Cl4F3N18O7S3. The highest BCUT2D eigenvalue weighted by atomic mass is 35.5. The van der Waals surface area contributed by atoms with Crippen molar-refractivity contribution in [2.24, 2.45) is 5.73 Å². The lowest BCUT2D eigenvalue weighted by Crippen LogP contribution is -2.40. The fourth-order valence-corrected chi connectivity index (χ4v) is 15.6. The number of hydrogen-bond acceptors (Lipinski definition) is 16. The smallest absolute Gasteiger partial charge is 0.337 e. The molecule has 116 heavy (non-hydrogen) atoms. The summed E-state index contributed by atoms with van der Waals surface area (Å²) in [7, 11) is 5.18. The number of aromatic nitrogens is 6. The first-order valence-electron chi connectivity index (χ1n) is 36.8. The number of halogens is 7. The number of thiocarbonyl (C=S) groups is 3. The molecule has 604 valence electrons. The molecule has 3 aromatic carbocycles. The predicted octanol–water partition coefficient (Wildman–Crippen LogP) is 9.58. The molecule has 11 N–H and O–H groups in total. The Morgan fingerprint density at radius 2 is 0.776 bits per heavy atom. The Morgan fingerprint density at radius 1 is 0.457 bits per heavy atom. The molecular weight excluding hydrogens is 1630 g/mol. The number of nitrogens with two attached hydrogens (primary N) is 1. The van der Waals surface area contributed by atoms with Crippen LogP contribution in [0.5, 0.6) is 0 Å². The number of carboxylic acids is 1. The van der Waals surface area contributed by atoms with Gasteiger partial charge in [-0.25, -0.2) is 18.0 Å². The summed E-state index contributed by atoms with van der Waals surface area (Å²) in [5, 5.41) is 35.5. The topological polar surface area (TPSA) is 332 Å². The SMILES string of the molecule is CN1CCC(NC(=O)c2cnc(CNC(=S)NC3c4cnccc4CCc4c(F)cccc43)c(Cl)c2)C1=O.CN1CCC(NC(=O)c2cnc(CNC(=S)NC3c4cnccc4CCc4c(F)cccc43)c(Cl)c2)C1=O.CN1CC[C@@H](N)C1=O.Cl.O=C(O)c1cnc(CNC(=S)NC2c3cnccc3CCc3c(F)cccc32)c(Cl)c1. The molecule has 6 aliphatic rings. The van der Waals surface area contributed by atoms with Gasteiger partial charge in [-0.15, -0.1) is 12.4 Å². The van der Waals surface area contributed by atoms with Crippen LogP contribution in [-0.4, -0.2) is 159 Å². The summed E-state index contributed by atoms with van der Waals surface area (Å²) < 4.78 is 43.9. The molecule has 5 unspecified atom stereocenters. The van der Waals surface area contributed by atoms with Crippen LogP contribution in [0.1, 0.15) is 152 Å². The van der Waals surface area contributed by atoms with E-state index in [2.05, 4.69) is 72.4 Å². The predicted molar refractivity (Wildman–Crippen MR) is 447 cm³/mol. The van der Waals surface area contributed by atoms with Crippen LogP contribution in [-0.2, 0) is 72.5 Å². The second kappa shape index (κ2) is 39.3. The van der Waals surface area contributed by atoms with Crippen molar-refractivity contribution in [1.29, 1.82) is 0 Å². The maximum atomic E-state index is 14.7. The fraction of sp³-hybridized carbons (Fsp3) is 0.296. The van der Waals surface area contributed by atoms with Gasteiger partial charge in [-0.3, -0.25) is 53.9 Å². The number of nitrogens with one attached hydrogen (secondary N) is 8. The third-order valence-electron chi connectivity index (χ3n) is 20.6. The highest BCUT2D eigenvalue weighted by molar-refractivity contribution is 7.80. The Bertz CT molecular complexity index is 5040. The fourth-order valence-electron chi connectivity index (χ4n) is 14.3. The standard InChI is InChI=1S/2C27H26ClFN6O2S.C22H18ClFN4O2S.C5H10N2O.ClH/c2*1-35-10-8-22(26(35)37)33-25(36)16-11-20(28)23(31-12-16)14-32-27(38)34-24-18-3-2-4-21(29)17(18)6-5-15-7-9-30-13-19(15)24;23-17-8-13(21(29)30)9-26-19(17)11-27-22(31)28-20-15-2-1-3-18(24)14(15)5-4-12-6-7-25-10-16(12)20;1-7-3-2-4(6)5(7)8;/h2*2-4,7,9,11-13,22,24H,5-6,8,10,14H2,1H3,(H,33,36)(H2,32,34,38);1-3,6-10,20H,4-5,11H2,(H,29,30)(H2,27,28,31);4H,2-3,6H2,1H3;1H/t;;;4-;/m...1./s1. The Labute approximate surface area is 704 Å². The summed E-state index contributed by atoms with van der Waals surface area (Å²) in [6, 6.07) is 23.0. The van der Waals surface area contributed by atoms with Crippen molar-refractivity contribution < 1.29 is 47.0 Å².